The van der Waals surface area contributed by atoms with Gasteiger partial charge in [-0.3, -0.25) is 10.2 Å². The number of rotatable bonds is 4. The Bertz CT molecular complexity index is 715. The number of amides is 2. The number of alkyl halides is 3. The van der Waals surface area contributed by atoms with Crippen molar-refractivity contribution in [1.82, 2.24) is 20.2 Å². The van der Waals surface area contributed by atoms with Crippen LogP contribution in [0.5, 0.6) is 0 Å². The van der Waals surface area contributed by atoms with Gasteiger partial charge in [-0.25, -0.2) is 9.80 Å². The Hall–Kier alpha value is -1.55. The summed E-state index contributed by atoms with van der Waals surface area (Å²) < 4.78 is 43.9. The largest absolute Gasteiger partial charge is 0.447 e. The first-order valence-electron chi connectivity index (χ1n) is 11.9. The van der Waals surface area contributed by atoms with E-state index >= 15 is 0 Å². The molecule has 4 aliphatic rings. The van der Waals surface area contributed by atoms with E-state index in [1.54, 1.807) is 4.90 Å². The Morgan fingerprint density at radius 3 is 2.41 bits per heavy atom. The lowest BCUT2D eigenvalue weighted by Gasteiger charge is -2.54. The Morgan fingerprint density at radius 1 is 1.06 bits per heavy atom. The van der Waals surface area contributed by atoms with Gasteiger partial charge in [-0.2, -0.15) is 13.2 Å². The van der Waals surface area contributed by atoms with Crippen LogP contribution < -0.4 is 5.43 Å². The molecule has 182 valence electrons. The molecule has 4 rings (SSSR count). The molecule has 2 amide bonds. The van der Waals surface area contributed by atoms with E-state index in [1.807, 2.05) is 25.7 Å². The molecule has 0 aromatic heterocycles. The van der Waals surface area contributed by atoms with Crippen molar-refractivity contribution in [3.63, 3.8) is 0 Å². The first-order chi connectivity index (χ1) is 15.0. The molecule has 0 aromatic rings. The highest BCUT2D eigenvalue weighted by atomic mass is 19.4. The summed E-state index contributed by atoms with van der Waals surface area (Å²) >= 11 is 0. The molecule has 0 spiro atoms. The van der Waals surface area contributed by atoms with Crippen molar-refractivity contribution in [2.75, 3.05) is 26.2 Å². The summed E-state index contributed by atoms with van der Waals surface area (Å²) in [4.78, 5) is 29.8. The molecule has 4 unspecified atom stereocenters. The number of hydrazine groups is 1. The van der Waals surface area contributed by atoms with E-state index in [0.717, 1.165) is 25.7 Å². The minimum atomic E-state index is -4.24. The average Bonchev–Trinajstić information content (AvgIpc) is 3.45. The number of ether oxygens (including phenoxy) is 1. The van der Waals surface area contributed by atoms with Crippen LogP contribution >= 0.6 is 0 Å². The monoisotopic (exact) mass is 460 g/mol. The number of fused-ring (bicyclic) bond motifs is 1. The Morgan fingerprint density at radius 2 is 1.78 bits per heavy atom. The third kappa shape index (κ3) is 5.16. The van der Waals surface area contributed by atoms with Crippen LogP contribution in [0.3, 0.4) is 0 Å². The van der Waals surface area contributed by atoms with Crippen LogP contribution in [0, 0.1) is 17.8 Å². The number of nitrogens with one attached hydrogen (secondary N) is 1. The van der Waals surface area contributed by atoms with Gasteiger partial charge in [0.1, 0.15) is 6.54 Å². The molecular formula is C22H35F3N4O3. The van der Waals surface area contributed by atoms with Crippen LogP contribution in [0.2, 0.25) is 0 Å². The van der Waals surface area contributed by atoms with Gasteiger partial charge in [-0.1, -0.05) is 0 Å². The summed E-state index contributed by atoms with van der Waals surface area (Å²) in [5.74, 6) is 0.595. The van der Waals surface area contributed by atoms with Gasteiger partial charge < -0.3 is 14.5 Å². The summed E-state index contributed by atoms with van der Waals surface area (Å²) in [6, 6.07) is -0.282. The molecule has 2 aliphatic carbocycles. The number of carbonyl (C=O) groups is 2. The molecule has 7 nitrogen and oxygen atoms in total. The average molecular weight is 461 g/mol. The third-order valence-electron chi connectivity index (χ3n) is 7.34. The van der Waals surface area contributed by atoms with Gasteiger partial charge in [0.15, 0.2) is 0 Å². The maximum Gasteiger partial charge on any atom is 0.410 e. The van der Waals surface area contributed by atoms with Gasteiger partial charge in [-0.05, 0) is 64.7 Å². The smallest absolute Gasteiger partial charge is 0.410 e. The highest BCUT2D eigenvalue weighted by Gasteiger charge is 2.51. The molecule has 0 aromatic carbocycles. The predicted octanol–water partition coefficient (Wildman–Crippen LogP) is 3.01. The molecule has 2 aliphatic heterocycles. The molecule has 10 heteroatoms. The molecular weight excluding hydrogens is 425 g/mol. The Labute approximate surface area is 187 Å². The van der Waals surface area contributed by atoms with Gasteiger partial charge in [0.2, 0.25) is 5.91 Å². The van der Waals surface area contributed by atoms with Crippen molar-refractivity contribution in [2.24, 2.45) is 17.8 Å². The van der Waals surface area contributed by atoms with Crippen molar-refractivity contribution in [3.05, 3.63) is 0 Å². The van der Waals surface area contributed by atoms with E-state index in [-0.39, 0.29) is 54.0 Å². The first kappa shape index (κ1) is 23.6. The van der Waals surface area contributed by atoms with E-state index in [0.29, 0.717) is 26.1 Å². The second-order valence-electron chi connectivity index (χ2n) is 10.3. The quantitative estimate of drug-likeness (QED) is 0.699. The third-order valence-corrected chi connectivity index (χ3v) is 7.34. The van der Waals surface area contributed by atoms with Crippen LogP contribution in [0.25, 0.3) is 0 Å². The number of hydrogen-bond acceptors (Lipinski definition) is 5. The van der Waals surface area contributed by atoms with Crippen molar-refractivity contribution in [1.29, 1.82) is 0 Å². The van der Waals surface area contributed by atoms with Crippen LogP contribution in [0.4, 0.5) is 18.0 Å². The topological polar surface area (TPSA) is 65.1 Å². The Balaban J connectivity index is 1.49. The lowest BCUT2D eigenvalue weighted by Crippen LogP contribution is -2.67. The number of nitrogens with zero attached hydrogens (tertiary/aromatic N) is 3. The molecule has 0 bridgehead atoms. The standard InChI is InChI=1S/C22H35F3N4O3/c1-13(2)32-21(31)28-10-14(3)29(20(30)15-4-5-15)18-7-6-16(8-19(18)28)17-9-26-27(11-17)12-22(23,24)25/h13-19,26H,4-12H2,1-3H3/t14-,16?,17?,18?,19?/m0/s1. The molecule has 2 heterocycles. The number of halogens is 3. The van der Waals surface area contributed by atoms with Crippen LogP contribution in [-0.4, -0.2) is 83.4 Å². The zero-order valence-corrected chi connectivity index (χ0v) is 19.1. The highest BCUT2D eigenvalue weighted by Crippen LogP contribution is 2.42. The summed E-state index contributed by atoms with van der Waals surface area (Å²) in [6.45, 7) is 5.95. The molecule has 4 fully saturated rings. The Kier molecular flexibility index (Phi) is 6.64. The van der Waals surface area contributed by atoms with Gasteiger partial charge in [-0.15, -0.1) is 0 Å². The molecule has 32 heavy (non-hydrogen) atoms. The van der Waals surface area contributed by atoms with Crippen molar-refractivity contribution in [2.45, 2.75) is 83.3 Å². The van der Waals surface area contributed by atoms with Crippen molar-refractivity contribution < 1.29 is 27.5 Å². The van der Waals surface area contributed by atoms with E-state index in [4.69, 9.17) is 4.74 Å². The minimum absolute atomic E-state index is 0.0524. The lowest BCUT2D eigenvalue weighted by molar-refractivity contribution is -0.149. The molecule has 2 saturated carbocycles. The van der Waals surface area contributed by atoms with Gasteiger partial charge in [0.25, 0.3) is 0 Å². The van der Waals surface area contributed by atoms with Crippen LogP contribution in [-0.2, 0) is 9.53 Å². The summed E-state index contributed by atoms with van der Waals surface area (Å²) in [5.41, 5.74) is 2.89. The van der Waals surface area contributed by atoms with Crippen LogP contribution in [0.1, 0.15) is 52.9 Å². The van der Waals surface area contributed by atoms with Crippen molar-refractivity contribution in [3.8, 4) is 0 Å². The number of hydrogen-bond donors (Lipinski definition) is 1. The highest BCUT2D eigenvalue weighted by molar-refractivity contribution is 5.82. The molecule has 5 atom stereocenters. The SMILES string of the molecule is CC(C)OC(=O)N1C[C@H](C)N(C(=O)C2CC2)C2CCC(C3CNN(CC(F)(F)F)C3)CC21. The zero-order chi connectivity index (χ0) is 23.2. The summed E-state index contributed by atoms with van der Waals surface area (Å²) in [6.07, 6.45) is -0.666. The molecule has 1 N–H and O–H groups in total. The van der Waals surface area contributed by atoms with Crippen LogP contribution in [0.15, 0.2) is 0 Å². The van der Waals surface area contributed by atoms with E-state index in [9.17, 15) is 22.8 Å². The van der Waals surface area contributed by atoms with Gasteiger partial charge in [0.05, 0.1) is 18.2 Å². The second kappa shape index (κ2) is 9.00. The van der Waals surface area contributed by atoms with Gasteiger partial charge >= 0.3 is 12.3 Å². The summed E-state index contributed by atoms with van der Waals surface area (Å²) in [7, 11) is 0. The van der Waals surface area contributed by atoms with E-state index in [1.165, 1.54) is 5.01 Å². The maximum absolute atomic E-state index is 13.1. The molecule has 2 saturated heterocycles. The lowest BCUT2D eigenvalue weighted by atomic mass is 9.73. The van der Waals surface area contributed by atoms with E-state index < -0.39 is 12.7 Å². The van der Waals surface area contributed by atoms with Crippen molar-refractivity contribution >= 4 is 12.0 Å². The predicted molar refractivity (Wildman–Crippen MR) is 111 cm³/mol. The fourth-order valence-corrected chi connectivity index (χ4v) is 5.80. The normalized spacial score (nSPS) is 34.0. The summed E-state index contributed by atoms with van der Waals surface area (Å²) in [5, 5.41) is 1.26. The minimum Gasteiger partial charge on any atom is -0.447 e. The fourth-order valence-electron chi connectivity index (χ4n) is 5.80. The number of carbonyl (C=O) groups excluding carboxylic acids is 2. The zero-order valence-electron chi connectivity index (χ0n) is 19.1. The van der Waals surface area contributed by atoms with Gasteiger partial charge in [0, 0.05) is 31.6 Å². The fraction of sp³-hybridized carbons (Fsp3) is 0.909. The van der Waals surface area contributed by atoms with E-state index in [2.05, 4.69) is 5.43 Å². The maximum atomic E-state index is 13.1. The number of piperazine rings is 1. The first-order valence-corrected chi connectivity index (χ1v) is 11.9. The molecule has 0 radical (unpaired) electrons. The second-order valence-corrected chi connectivity index (χ2v) is 10.3.